The fourth-order valence-corrected chi connectivity index (χ4v) is 1.90. The Kier molecular flexibility index (Phi) is 2.52. The summed E-state index contributed by atoms with van der Waals surface area (Å²) in [7, 11) is 0. The highest BCUT2D eigenvalue weighted by atomic mass is 35.5. The van der Waals surface area contributed by atoms with Crippen LogP contribution in [0.4, 0.5) is 8.78 Å². The number of halogens is 3. The first-order valence-electron chi connectivity index (χ1n) is 5.14. The Morgan fingerprint density at radius 3 is 2.72 bits per heavy atom. The first-order valence-corrected chi connectivity index (χ1v) is 5.51. The average Bonchev–Trinajstić information content (AvgIpc) is 2.91. The van der Waals surface area contributed by atoms with Crippen molar-refractivity contribution in [3.63, 3.8) is 0 Å². The Labute approximate surface area is 105 Å². The molecule has 0 aliphatic rings. The number of nitrogens with zero attached hydrogens (tertiary/aromatic N) is 3. The van der Waals surface area contributed by atoms with E-state index in [1.807, 2.05) is 18.2 Å². The Hall–Kier alpha value is -1.95. The summed E-state index contributed by atoms with van der Waals surface area (Å²) >= 11 is 5.86. The molecule has 0 fully saturated rings. The molecule has 0 aliphatic heterocycles. The topological polar surface area (TPSA) is 46.5 Å². The number of hydrogen-bond donors (Lipinski definition) is 1. The standard InChI is InChI=1S/C11H7ClF2N4/c12-9-5-8(10(13)14)17-18(9)11-15-6-3-1-2-4-7(6)16-11/h1-5,10H,(H,15,16). The maximum absolute atomic E-state index is 12.5. The number of rotatable bonds is 2. The second-order valence-electron chi connectivity index (χ2n) is 3.68. The minimum Gasteiger partial charge on any atom is -0.322 e. The minimum absolute atomic E-state index is 0.0874. The lowest BCUT2D eigenvalue weighted by Gasteiger charge is -1.96. The van der Waals surface area contributed by atoms with Gasteiger partial charge in [-0.3, -0.25) is 0 Å². The zero-order valence-electron chi connectivity index (χ0n) is 8.94. The van der Waals surface area contributed by atoms with E-state index in [1.165, 1.54) is 0 Å². The molecule has 4 nitrogen and oxygen atoms in total. The normalized spacial score (nSPS) is 11.6. The van der Waals surface area contributed by atoms with Gasteiger partial charge in [-0.1, -0.05) is 23.7 Å². The quantitative estimate of drug-likeness (QED) is 0.775. The average molecular weight is 269 g/mol. The van der Waals surface area contributed by atoms with E-state index < -0.39 is 6.43 Å². The van der Waals surface area contributed by atoms with E-state index in [-0.39, 0.29) is 10.8 Å². The molecule has 1 aromatic carbocycles. The summed E-state index contributed by atoms with van der Waals surface area (Å²) in [6.45, 7) is 0. The molecule has 3 aromatic rings. The molecule has 0 atom stereocenters. The third kappa shape index (κ3) is 1.74. The van der Waals surface area contributed by atoms with Gasteiger partial charge in [-0.25, -0.2) is 13.8 Å². The maximum Gasteiger partial charge on any atom is 0.282 e. The van der Waals surface area contributed by atoms with Gasteiger partial charge in [0, 0.05) is 6.07 Å². The van der Waals surface area contributed by atoms with Gasteiger partial charge in [-0.2, -0.15) is 9.78 Å². The highest BCUT2D eigenvalue weighted by Crippen LogP contribution is 2.23. The molecule has 0 unspecified atom stereocenters. The molecule has 0 aliphatic carbocycles. The predicted molar refractivity (Wildman–Crippen MR) is 63.2 cm³/mol. The SMILES string of the molecule is FC(F)c1cc(Cl)n(-c2nc3ccccc3[nH]2)n1. The van der Waals surface area contributed by atoms with Crippen LogP contribution in [0.3, 0.4) is 0 Å². The largest absolute Gasteiger partial charge is 0.322 e. The molecule has 3 rings (SSSR count). The smallest absolute Gasteiger partial charge is 0.282 e. The van der Waals surface area contributed by atoms with Gasteiger partial charge in [-0.05, 0) is 12.1 Å². The van der Waals surface area contributed by atoms with Crippen LogP contribution in [0.15, 0.2) is 30.3 Å². The van der Waals surface area contributed by atoms with Crippen LogP contribution in [0.25, 0.3) is 17.0 Å². The molecule has 0 radical (unpaired) electrons. The van der Waals surface area contributed by atoms with Crippen LogP contribution >= 0.6 is 11.6 Å². The van der Waals surface area contributed by atoms with Gasteiger partial charge in [0.1, 0.15) is 10.8 Å². The van der Waals surface area contributed by atoms with Gasteiger partial charge in [0.25, 0.3) is 6.43 Å². The van der Waals surface area contributed by atoms with Gasteiger partial charge in [0.2, 0.25) is 5.95 Å². The maximum atomic E-state index is 12.5. The molecule has 0 spiro atoms. The highest BCUT2D eigenvalue weighted by molar-refractivity contribution is 6.29. The number of fused-ring (bicyclic) bond motifs is 1. The lowest BCUT2D eigenvalue weighted by Crippen LogP contribution is -1.99. The number of imidazole rings is 1. The number of aromatic amines is 1. The van der Waals surface area contributed by atoms with Crippen molar-refractivity contribution in [2.75, 3.05) is 0 Å². The predicted octanol–water partition coefficient (Wildman–Crippen LogP) is 3.34. The molecule has 92 valence electrons. The number of hydrogen-bond acceptors (Lipinski definition) is 2. The zero-order chi connectivity index (χ0) is 12.7. The van der Waals surface area contributed by atoms with E-state index in [0.29, 0.717) is 5.95 Å². The van der Waals surface area contributed by atoms with Crippen molar-refractivity contribution < 1.29 is 8.78 Å². The first-order chi connectivity index (χ1) is 8.65. The number of benzene rings is 1. The van der Waals surface area contributed by atoms with Gasteiger partial charge in [-0.15, -0.1) is 0 Å². The van der Waals surface area contributed by atoms with E-state index in [2.05, 4.69) is 15.1 Å². The second-order valence-corrected chi connectivity index (χ2v) is 4.07. The van der Waals surface area contributed by atoms with Crippen molar-refractivity contribution in [2.24, 2.45) is 0 Å². The van der Waals surface area contributed by atoms with Crippen LogP contribution in [0.5, 0.6) is 0 Å². The van der Waals surface area contributed by atoms with E-state index in [4.69, 9.17) is 11.6 Å². The molecule has 2 aromatic heterocycles. The summed E-state index contributed by atoms with van der Waals surface area (Å²) in [6, 6.07) is 8.44. The lowest BCUT2D eigenvalue weighted by molar-refractivity contribution is 0.145. The van der Waals surface area contributed by atoms with Crippen molar-refractivity contribution in [1.82, 2.24) is 19.7 Å². The van der Waals surface area contributed by atoms with Crippen LogP contribution in [-0.2, 0) is 0 Å². The molecule has 0 saturated heterocycles. The van der Waals surface area contributed by atoms with E-state index in [0.717, 1.165) is 21.8 Å². The van der Waals surface area contributed by atoms with Crippen molar-refractivity contribution >= 4 is 22.6 Å². The monoisotopic (exact) mass is 268 g/mol. The molecule has 18 heavy (non-hydrogen) atoms. The van der Waals surface area contributed by atoms with Crippen molar-refractivity contribution in [3.05, 3.63) is 41.2 Å². The molecule has 0 saturated carbocycles. The summed E-state index contributed by atoms with van der Waals surface area (Å²) in [5.41, 5.74) is 1.13. The first kappa shape index (κ1) is 11.2. The van der Waals surface area contributed by atoms with Crippen LogP contribution in [0.2, 0.25) is 5.15 Å². The van der Waals surface area contributed by atoms with Crippen molar-refractivity contribution in [2.45, 2.75) is 6.43 Å². The summed E-state index contributed by atoms with van der Waals surface area (Å²) < 4.78 is 26.2. The number of alkyl halides is 2. The van der Waals surface area contributed by atoms with Crippen LogP contribution in [0.1, 0.15) is 12.1 Å². The van der Waals surface area contributed by atoms with E-state index in [1.54, 1.807) is 6.07 Å². The molecular formula is C11H7ClF2N4. The summed E-state index contributed by atoms with van der Waals surface area (Å²) in [6.07, 6.45) is -2.66. The zero-order valence-corrected chi connectivity index (χ0v) is 9.70. The fraction of sp³-hybridized carbons (Fsp3) is 0.0909. The third-order valence-corrected chi connectivity index (χ3v) is 2.76. The number of H-pyrrole nitrogens is 1. The van der Waals surface area contributed by atoms with Gasteiger partial charge in [0.15, 0.2) is 0 Å². The molecular weight excluding hydrogens is 262 g/mol. The van der Waals surface area contributed by atoms with Gasteiger partial charge >= 0.3 is 0 Å². The Bertz CT molecular complexity index is 671. The Morgan fingerprint density at radius 1 is 1.28 bits per heavy atom. The number of aromatic nitrogens is 4. The molecule has 0 amide bonds. The summed E-state index contributed by atoms with van der Waals surface area (Å²) in [4.78, 5) is 7.20. The van der Waals surface area contributed by atoms with Crippen LogP contribution in [0, 0.1) is 0 Å². The molecule has 7 heteroatoms. The van der Waals surface area contributed by atoms with Crippen molar-refractivity contribution in [3.8, 4) is 5.95 Å². The van der Waals surface area contributed by atoms with Gasteiger partial charge < -0.3 is 4.98 Å². The Balaban J connectivity index is 2.13. The third-order valence-electron chi connectivity index (χ3n) is 2.49. The fourth-order valence-electron chi connectivity index (χ4n) is 1.67. The molecule has 1 N–H and O–H groups in total. The van der Waals surface area contributed by atoms with Gasteiger partial charge in [0.05, 0.1) is 11.0 Å². The van der Waals surface area contributed by atoms with Crippen molar-refractivity contribution in [1.29, 1.82) is 0 Å². The number of para-hydroxylation sites is 2. The van der Waals surface area contributed by atoms with E-state index in [9.17, 15) is 8.78 Å². The second kappa shape index (κ2) is 4.06. The summed E-state index contributed by atoms with van der Waals surface area (Å²) in [5.74, 6) is 0.313. The molecule has 2 heterocycles. The minimum atomic E-state index is -2.66. The molecule has 0 bridgehead atoms. The van der Waals surface area contributed by atoms with E-state index >= 15 is 0 Å². The number of nitrogens with one attached hydrogen (secondary N) is 1. The lowest BCUT2D eigenvalue weighted by atomic mass is 10.3. The Morgan fingerprint density at radius 2 is 2.06 bits per heavy atom. The van der Waals surface area contributed by atoms with Crippen LogP contribution < -0.4 is 0 Å². The van der Waals surface area contributed by atoms with Crippen LogP contribution in [-0.4, -0.2) is 19.7 Å². The highest BCUT2D eigenvalue weighted by Gasteiger charge is 2.17. The summed E-state index contributed by atoms with van der Waals surface area (Å²) in [5, 5.41) is 3.80.